The lowest BCUT2D eigenvalue weighted by Crippen LogP contribution is -2.51. The zero-order valence-corrected chi connectivity index (χ0v) is 9.37. The van der Waals surface area contributed by atoms with Crippen LogP contribution in [0.3, 0.4) is 0 Å². The van der Waals surface area contributed by atoms with Crippen molar-refractivity contribution in [1.29, 1.82) is 0 Å². The zero-order chi connectivity index (χ0) is 10.8. The van der Waals surface area contributed by atoms with Gasteiger partial charge in [-0.1, -0.05) is 0 Å². The molecular weight excluding hydrogens is 204 g/mol. The van der Waals surface area contributed by atoms with Crippen LogP contribution in [0.5, 0.6) is 0 Å². The van der Waals surface area contributed by atoms with Gasteiger partial charge in [0.05, 0.1) is 25.9 Å². The number of hydrogen-bond acceptors (Lipinski definition) is 3. The van der Waals surface area contributed by atoms with Gasteiger partial charge in [-0.15, -0.1) is 0 Å². The predicted molar refractivity (Wildman–Crippen MR) is 60.5 cm³/mol. The summed E-state index contributed by atoms with van der Waals surface area (Å²) in [7, 11) is 0. The molecule has 2 saturated heterocycles. The summed E-state index contributed by atoms with van der Waals surface area (Å²) in [5.41, 5.74) is 1.54. The summed E-state index contributed by atoms with van der Waals surface area (Å²) in [4.78, 5) is 3.13. The highest BCUT2D eigenvalue weighted by Crippen LogP contribution is 2.37. The van der Waals surface area contributed by atoms with Crippen LogP contribution in [0.25, 0.3) is 0 Å². The van der Waals surface area contributed by atoms with E-state index in [-0.39, 0.29) is 5.41 Å². The predicted octanol–water partition coefficient (Wildman–Crippen LogP) is 0.661. The van der Waals surface area contributed by atoms with E-state index in [4.69, 9.17) is 9.47 Å². The van der Waals surface area contributed by atoms with Crippen molar-refractivity contribution in [2.75, 3.05) is 32.9 Å². The molecule has 4 heteroatoms. The van der Waals surface area contributed by atoms with Crippen LogP contribution in [0.1, 0.15) is 12.0 Å². The van der Waals surface area contributed by atoms with Crippen molar-refractivity contribution in [2.24, 2.45) is 0 Å². The Kier molecular flexibility index (Phi) is 2.71. The highest BCUT2D eigenvalue weighted by molar-refractivity contribution is 5.25. The first kappa shape index (κ1) is 10.3. The molecule has 0 amide bonds. The van der Waals surface area contributed by atoms with Gasteiger partial charge in [-0.25, -0.2) is 0 Å². The Morgan fingerprint density at radius 3 is 2.94 bits per heavy atom. The maximum atomic E-state index is 5.78. The molecule has 2 N–H and O–H groups in total. The molecular formula is C12H18N2O2. The highest BCUT2D eigenvalue weighted by atomic mass is 16.5. The van der Waals surface area contributed by atoms with Crippen LogP contribution in [-0.4, -0.2) is 44.0 Å². The number of H-pyrrole nitrogens is 1. The molecule has 1 aromatic rings. The molecule has 0 saturated carbocycles. The molecule has 1 atom stereocenters. The molecule has 0 aliphatic carbocycles. The van der Waals surface area contributed by atoms with Crippen molar-refractivity contribution in [1.82, 2.24) is 10.3 Å². The molecule has 0 aromatic carbocycles. The van der Waals surface area contributed by atoms with Crippen LogP contribution in [0.4, 0.5) is 0 Å². The molecule has 0 spiro atoms. The van der Waals surface area contributed by atoms with Gasteiger partial charge < -0.3 is 19.8 Å². The third kappa shape index (κ3) is 1.77. The Balaban J connectivity index is 1.70. The van der Waals surface area contributed by atoms with Crippen LogP contribution >= 0.6 is 0 Å². The molecule has 2 fully saturated rings. The Morgan fingerprint density at radius 1 is 1.44 bits per heavy atom. The SMILES string of the molecule is c1cc(C2(CC3CNCCO3)COC2)c[nH]1. The summed E-state index contributed by atoms with van der Waals surface area (Å²) >= 11 is 0. The van der Waals surface area contributed by atoms with Crippen LogP contribution < -0.4 is 5.32 Å². The average molecular weight is 222 g/mol. The summed E-state index contributed by atoms with van der Waals surface area (Å²) in [6.07, 6.45) is 5.44. The number of nitrogens with one attached hydrogen (secondary N) is 2. The van der Waals surface area contributed by atoms with Crippen molar-refractivity contribution in [2.45, 2.75) is 17.9 Å². The summed E-state index contributed by atoms with van der Waals surface area (Å²) in [5.74, 6) is 0. The maximum Gasteiger partial charge on any atom is 0.0710 e. The van der Waals surface area contributed by atoms with Crippen LogP contribution in [0, 0.1) is 0 Å². The second-order valence-electron chi connectivity index (χ2n) is 4.77. The molecule has 3 heterocycles. The van der Waals surface area contributed by atoms with Gasteiger partial charge in [0.2, 0.25) is 0 Å². The van der Waals surface area contributed by atoms with Crippen molar-refractivity contribution in [3.63, 3.8) is 0 Å². The number of aromatic amines is 1. The number of morpholine rings is 1. The van der Waals surface area contributed by atoms with E-state index in [0.29, 0.717) is 6.10 Å². The van der Waals surface area contributed by atoms with E-state index in [1.165, 1.54) is 5.56 Å². The standard InChI is InChI=1S/C12H18N2O2/c1-2-13-6-10(1)12(8-15-9-12)5-11-7-14-3-4-16-11/h1-2,6,11,13-14H,3-5,7-9H2. The van der Waals surface area contributed by atoms with E-state index >= 15 is 0 Å². The molecule has 1 unspecified atom stereocenters. The van der Waals surface area contributed by atoms with E-state index in [0.717, 1.165) is 39.3 Å². The Bertz CT molecular complexity index is 327. The normalized spacial score (nSPS) is 28.6. The summed E-state index contributed by atoms with van der Waals surface area (Å²) in [5, 5.41) is 3.38. The lowest BCUT2D eigenvalue weighted by molar-refractivity contribution is -0.0941. The molecule has 2 aliphatic rings. The first-order chi connectivity index (χ1) is 7.89. The molecule has 0 bridgehead atoms. The minimum atomic E-state index is 0.184. The Labute approximate surface area is 95.3 Å². The summed E-state index contributed by atoms with van der Waals surface area (Å²) in [6, 6.07) is 2.15. The van der Waals surface area contributed by atoms with E-state index in [2.05, 4.69) is 22.6 Å². The van der Waals surface area contributed by atoms with Gasteiger partial charge in [0.1, 0.15) is 0 Å². The van der Waals surface area contributed by atoms with E-state index in [9.17, 15) is 0 Å². The molecule has 16 heavy (non-hydrogen) atoms. The quantitative estimate of drug-likeness (QED) is 0.790. The monoisotopic (exact) mass is 222 g/mol. The summed E-state index contributed by atoms with van der Waals surface area (Å²) < 4.78 is 11.2. The minimum Gasteiger partial charge on any atom is -0.379 e. The number of aromatic nitrogens is 1. The fourth-order valence-electron chi connectivity index (χ4n) is 2.59. The third-order valence-electron chi connectivity index (χ3n) is 3.59. The van der Waals surface area contributed by atoms with Crippen molar-refractivity contribution < 1.29 is 9.47 Å². The van der Waals surface area contributed by atoms with Gasteiger partial charge in [-0.3, -0.25) is 0 Å². The average Bonchev–Trinajstić information content (AvgIpc) is 2.78. The van der Waals surface area contributed by atoms with Gasteiger partial charge >= 0.3 is 0 Å². The van der Waals surface area contributed by atoms with Crippen molar-refractivity contribution >= 4 is 0 Å². The van der Waals surface area contributed by atoms with E-state index in [1.807, 2.05) is 6.20 Å². The van der Waals surface area contributed by atoms with Crippen LogP contribution in [-0.2, 0) is 14.9 Å². The fourth-order valence-corrected chi connectivity index (χ4v) is 2.59. The zero-order valence-electron chi connectivity index (χ0n) is 9.37. The minimum absolute atomic E-state index is 0.184. The smallest absolute Gasteiger partial charge is 0.0710 e. The van der Waals surface area contributed by atoms with Gasteiger partial charge in [-0.2, -0.15) is 0 Å². The van der Waals surface area contributed by atoms with Gasteiger partial charge in [0.25, 0.3) is 0 Å². The Morgan fingerprint density at radius 2 is 2.38 bits per heavy atom. The molecule has 2 aliphatic heterocycles. The Hall–Kier alpha value is -0.840. The third-order valence-corrected chi connectivity index (χ3v) is 3.59. The summed E-state index contributed by atoms with van der Waals surface area (Å²) in [6.45, 7) is 4.42. The van der Waals surface area contributed by atoms with Gasteiger partial charge in [-0.05, 0) is 18.1 Å². The van der Waals surface area contributed by atoms with E-state index in [1.54, 1.807) is 0 Å². The van der Waals surface area contributed by atoms with Crippen LogP contribution in [0.15, 0.2) is 18.5 Å². The molecule has 0 radical (unpaired) electrons. The first-order valence-electron chi connectivity index (χ1n) is 5.92. The first-order valence-corrected chi connectivity index (χ1v) is 5.92. The molecule has 88 valence electrons. The topological polar surface area (TPSA) is 46.3 Å². The maximum absolute atomic E-state index is 5.78. The number of rotatable bonds is 3. The van der Waals surface area contributed by atoms with Crippen LogP contribution in [0.2, 0.25) is 0 Å². The second-order valence-corrected chi connectivity index (χ2v) is 4.77. The molecule has 1 aromatic heterocycles. The highest BCUT2D eigenvalue weighted by Gasteiger charge is 2.42. The van der Waals surface area contributed by atoms with Gasteiger partial charge in [0, 0.05) is 30.9 Å². The van der Waals surface area contributed by atoms with E-state index < -0.39 is 0 Å². The van der Waals surface area contributed by atoms with Gasteiger partial charge in [0.15, 0.2) is 0 Å². The lowest BCUT2D eigenvalue weighted by atomic mass is 9.75. The van der Waals surface area contributed by atoms with Crippen molar-refractivity contribution in [3.05, 3.63) is 24.0 Å². The molecule has 4 nitrogen and oxygen atoms in total. The fraction of sp³-hybridized carbons (Fsp3) is 0.667. The largest absolute Gasteiger partial charge is 0.379 e. The number of hydrogen-bond donors (Lipinski definition) is 2. The van der Waals surface area contributed by atoms with Crippen molar-refractivity contribution in [3.8, 4) is 0 Å². The lowest BCUT2D eigenvalue weighted by Gasteiger charge is -2.44. The molecule has 3 rings (SSSR count). The second kappa shape index (κ2) is 4.20. The number of ether oxygens (including phenoxy) is 2.